The first-order valence-electron chi connectivity index (χ1n) is 6.47. The minimum atomic E-state index is 0.0366. The predicted molar refractivity (Wildman–Crippen MR) is 86.2 cm³/mol. The van der Waals surface area contributed by atoms with Crippen molar-refractivity contribution in [3.63, 3.8) is 0 Å². The van der Waals surface area contributed by atoms with Crippen molar-refractivity contribution in [3.05, 3.63) is 58.1 Å². The van der Waals surface area contributed by atoms with Crippen LogP contribution in [0.3, 0.4) is 0 Å². The smallest absolute Gasteiger partial charge is 0.119 e. The molecule has 0 saturated heterocycles. The lowest BCUT2D eigenvalue weighted by Crippen LogP contribution is -2.22. The number of anilines is 1. The molecule has 2 aromatic rings. The van der Waals surface area contributed by atoms with E-state index in [0.29, 0.717) is 11.6 Å². The Morgan fingerprint density at radius 1 is 1.05 bits per heavy atom. The molecule has 0 aliphatic rings. The molecule has 106 valence electrons. The Labute approximate surface area is 129 Å². The summed E-state index contributed by atoms with van der Waals surface area (Å²) in [6, 6.07) is 13.2. The van der Waals surface area contributed by atoms with Crippen molar-refractivity contribution < 1.29 is 4.74 Å². The van der Waals surface area contributed by atoms with E-state index < -0.39 is 0 Å². The summed E-state index contributed by atoms with van der Waals surface area (Å²) in [5, 5.41) is 4.78. The highest BCUT2D eigenvalue weighted by atomic mass is 35.5. The lowest BCUT2D eigenvalue weighted by atomic mass is 10.2. The first kappa shape index (κ1) is 15.0. The molecule has 0 fully saturated rings. The van der Waals surface area contributed by atoms with Gasteiger partial charge in [0.15, 0.2) is 0 Å². The van der Waals surface area contributed by atoms with Gasteiger partial charge in [-0.3, -0.25) is 0 Å². The number of hydrogen-bond acceptors (Lipinski definition) is 2. The zero-order valence-corrected chi connectivity index (χ0v) is 13.0. The molecule has 20 heavy (non-hydrogen) atoms. The van der Waals surface area contributed by atoms with Gasteiger partial charge >= 0.3 is 0 Å². The van der Waals surface area contributed by atoms with E-state index in [9.17, 15) is 0 Å². The molecule has 0 spiro atoms. The second-order valence-electron chi connectivity index (χ2n) is 4.72. The lowest BCUT2D eigenvalue weighted by molar-refractivity contribution is 0.235. The van der Waals surface area contributed by atoms with Gasteiger partial charge in [-0.2, -0.15) is 0 Å². The molecule has 0 radical (unpaired) electrons. The standard InChI is InChI=1S/C16H17Cl2NO/c1-11-3-4-14(18)9-16(11)19-10-12(2)20-15-7-5-13(17)6-8-15/h3-9,12,19H,10H2,1-2H3/t12-/m0/s1. The number of hydrogen-bond donors (Lipinski definition) is 1. The molecule has 0 amide bonds. The Morgan fingerprint density at radius 2 is 1.70 bits per heavy atom. The van der Waals surface area contributed by atoms with Gasteiger partial charge in [0, 0.05) is 15.7 Å². The molecule has 0 bridgehead atoms. The van der Waals surface area contributed by atoms with Crippen LogP contribution < -0.4 is 10.1 Å². The fourth-order valence-electron chi connectivity index (χ4n) is 1.83. The fraction of sp³-hybridized carbons (Fsp3) is 0.250. The predicted octanol–water partition coefficient (Wildman–Crippen LogP) is 5.18. The van der Waals surface area contributed by atoms with Gasteiger partial charge in [-0.25, -0.2) is 0 Å². The van der Waals surface area contributed by atoms with Crippen LogP contribution in [0.5, 0.6) is 5.75 Å². The highest BCUT2D eigenvalue weighted by Crippen LogP contribution is 2.21. The van der Waals surface area contributed by atoms with E-state index >= 15 is 0 Å². The normalized spacial score (nSPS) is 12.0. The Kier molecular flexibility index (Phi) is 5.16. The maximum absolute atomic E-state index is 5.99. The largest absolute Gasteiger partial charge is 0.489 e. The van der Waals surface area contributed by atoms with Gasteiger partial charge in [-0.05, 0) is 55.8 Å². The highest BCUT2D eigenvalue weighted by molar-refractivity contribution is 6.31. The van der Waals surface area contributed by atoms with Crippen LogP contribution >= 0.6 is 23.2 Å². The van der Waals surface area contributed by atoms with Crippen molar-refractivity contribution in [2.24, 2.45) is 0 Å². The molecule has 0 aromatic heterocycles. The van der Waals surface area contributed by atoms with Crippen LogP contribution in [0.4, 0.5) is 5.69 Å². The second kappa shape index (κ2) is 6.87. The zero-order valence-electron chi connectivity index (χ0n) is 11.5. The summed E-state index contributed by atoms with van der Waals surface area (Å²) in [5.74, 6) is 0.812. The summed E-state index contributed by atoms with van der Waals surface area (Å²) < 4.78 is 5.81. The topological polar surface area (TPSA) is 21.3 Å². The van der Waals surface area contributed by atoms with Crippen molar-refractivity contribution in [2.75, 3.05) is 11.9 Å². The van der Waals surface area contributed by atoms with Gasteiger partial charge in [0.25, 0.3) is 0 Å². The number of nitrogens with one attached hydrogen (secondary N) is 1. The molecular formula is C16H17Cl2NO. The zero-order chi connectivity index (χ0) is 14.5. The van der Waals surface area contributed by atoms with Crippen molar-refractivity contribution in [3.8, 4) is 5.75 Å². The van der Waals surface area contributed by atoms with Crippen LogP contribution in [0.1, 0.15) is 12.5 Å². The molecule has 2 nitrogen and oxygen atoms in total. The number of rotatable bonds is 5. The molecule has 1 N–H and O–H groups in total. The van der Waals surface area contributed by atoms with Crippen LogP contribution in [0.15, 0.2) is 42.5 Å². The van der Waals surface area contributed by atoms with Crippen molar-refractivity contribution in [2.45, 2.75) is 20.0 Å². The molecule has 0 aliphatic heterocycles. The maximum Gasteiger partial charge on any atom is 0.119 e. The lowest BCUT2D eigenvalue weighted by Gasteiger charge is -2.17. The van der Waals surface area contributed by atoms with E-state index in [1.165, 1.54) is 0 Å². The molecule has 4 heteroatoms. The third kappa shape index (κ3) is 4.32. The average molecular weight is 310 g/mol. The van der Waals surface area contributed by atoms with Crippen LogP contribution in [0.2, 0.25) is 10.0 Å². The van der Waals surface area contributed by atoms with Gasteiger partial charge in [-0.1, -0.05) is 29.3 Å². The Balaban J connectivity index is 1.90. The number of aryl methyl sites for hydroxylation is 1. The minimum Gasteiger partial charge on any atom is -0.489 e. The van der Waals surface area contributed by atoms with Gasteiger partial charge in [0.05, 0.1) is 6.54 Å². The van der Waals surface area contributed by atoms with E-state index in [0.717, 1.165) is 22.0 Å². The second-order valence-corrected chi connectivity index (χ2v) is 5.60. The summed E-state index contributed by atoms with van der Waals surface area (Å²) in [5.41, 5.74) is 2.19. The van der Waals surface area contributed by atoms with Crippen LogP contribution in [0, 0.1) is 6.92 Å². The van der Waals surface area contributed by atoms with E-state index in [4.69, 9.17) is 27.9 Å². The molecule has 1 atom stereocenters. The van der Waals surface area contributed by atoms with Gasteiger partial charge < -0.3 is 10.1 Å². The maximum atomic E-state index is 5.99. The van der Waals surface area contributed by atoms with Gasteiger partial charge in [0.2, 0.25) is 0 Å². The average Bonchev–Trinajstić information content (AvgIpc) is 2.42. The molecule has 0 unspecified atom stereocenters. The Bertz CT molecular complexity index is 569. The summed E-state index contributed by atoms with van der Waals surface area (Å²) >= 11 is 11.8. The van der Waals surface area contributed by atoms with E-state index in [1.807, 2.05) is 56.3 Å². The quantitative estimate of drug-likeness (QED) is 0.821. The van der Waals surface area contributed by atoms with Crippen LogP contribution in [-0.4, -0.2) is 12.6 Å². The van der Waals surface area contributed by atoms with Crippen LogP contribution in [0.25, 0.3) is 0 Å². The number of ether oxygens (including phenoxy) is 1. The van der Waals surface area contributed by atoms with Crippen molar-refractivity contribution in [1.29, 1.82) is 0 Å². The summed E-state index contributed by atoms with van der Waals surface area (Å²) in [6.45, 7) is 4.76. The Morgan fingerprint density at radius 3 is 2.40 bits per heavy atom. The van der Waals surface area contributed by atoms with Crippen molar-refractivity contribution >= 4 is 28.9 Å². The van der Waals surface area contributed by atoms with E-state index in [1.54, 1.807) is 0 Å². The fourth-order valence-corrected chi connectivity index (χ4v) is 2.12. The number of halogens is 2. The van der Waals surface area contributed by atoms with Crippen molar-refractivity contribution in [1.82, 2.24) is 0 Å². The molecule has 0 aliphatic carbocycles. The Hall–Kier alpha value is -1.38. The number of benzene rings is 2. The molecule has 0 heterocycles. The summed E-state index contributed by atoms with van der Waals surface area (Å²) in [7, 11) is 0. The minimum absolute atomic E-state index is 0.0366. The molecule has 0 saturated carbocycles. The highest BCUT2D eigenvalue weighted by Gasteiger charge is 2.05. The SMILES string of the molecule is Cc1ccc(Cl)cc1NC[C@H](C)Oc1ccc(Cl)cc1. The van der Waals surface area contributed by atoms with Crippen LogP contribution in [-0.2, 0) is 0 Å². The molecule has 2 rings (SSSR count). The third-order valence-corrected chi connectivity index (χ3v) is 3.42. The monoisotopic (exact) mass is 309 g/mol. The first-order chi connectivity index (χ1) is 9.54. The summed E-state index contributed by atoms with van der Waals surface area (Å²) in [6.07, 6.45) is 0.0366. The van der Waals surface area contributed by atoms with Gasteiger partial charge in [0.1, 0.15) is 11.9 Å². The molecule has 2 aromatic carbocycles. The van der Waals surface area contributed by atoms with Gasteiger partial charge in [-0.15, -0.1) is 0 Å². The summed E-state index contributed by atoms with van der Waals surface area (Å²) in [4.78, 5) is 0. The molecular weight excluding hydrogens is 293 g/mol. The van der Waals surface area contributed by atoms with E-state index in [2.05, 4.69) is 5.32 Å². The first-order valence-corrected chi connectivity index (χ1v) is 7.22. The van der Waals surface area contributed by atoms with E-state index in [-0.39, 0.29) is 6.10 Å². The third-order valence-electron chi connectivity index (χ3n) is 2.93.